The van der Waals surface area contributed by atoms with Gasteiger partial charge in [0.1, 0.15) is 12.9 Å². The predicted molar refractivity (Wildman–Crippen MR) is 86.8 cm³/mol. The van der Waals surface area contributed by atoms with Gasteiger partial charge in [0, 0.05) is 32.6 Å². The van der Waals surface area contributed by atoms with Gasteiger partial charge in [-0.1, -0.05) is 32.1 Å². The summed E-state index contributed by atoms with van der Waals surface area (Å²) in [6.07, 6.45) is 9.68. The van der Waals surface area contributed by atoms with E-state index < -0.39 is 0 Å². The molecule has 1 saturated carbocycles. The average molecular weight is 334 g/mol. The van der Waals surface area contributed by atoms with Crippen molar-refractivity contribution in [2.75, 3.05) is 26.2 Å². The molecule has 0 aromatic carbocycles. The van der Waals surface area contributed by atoms with Crippen molar-refractivity contribution in [3.05, 3.63) is 6.33 Å². The van der Waals surface area contributed by atoms with Crippen LogP contribution in [0.3, 0.4) is 0 Å². The summed E-state index contributed by atoms with van der Waals surface area (Å²) in [5.41, 5.74) is 0. The summed E-state index contributed by atoms with van der Waals surface area (Å²) in [7, 11) is 0. The second-order valence-electron chi connectivity index (χ2n) is 6.81. The molecule has 1 aromatic rings. The number of amides is 2. The third-order valence-corrected chi connectivity index (χ3v) is 5.16. The molecule has 2 fully saturated rings. The van der Waals surface area contributed by atoms with Crippen molar-refractivity contribution < 1.29 is 9.59 Å². The number of hydrogen-bond acceptors (Lipinski definition) is 5. The third-order valence-electron chi connectivity index (χ3n) is 5.16. The lowest BCUT2D eigenvalue weighted by Gasteiger charge is -2.35. The molecular weight excluding hydrogens is 308 g/mol. The van der Waals surface area contributed by atoms with Crippen LogP contribution < -0.4 is 0 Å². The number of piperazine rings is 1. The number of rotatable bonds is 5. The van der Waals surface area contributed by atoms with Gasteiger partial charge in [-0.25, -0.2) is 4.68 Å². The highest BCUT2D eigenvalue weighted by Crippen LogP contribution is 2.27. The number of carbonyl (C=O) groups is 2. The molecule has 1 aliphatic heterocycles. The maximum Gasteiger partial charge on any atom is 0.244 e. The molecule has 0 bridgehead atoms. The largest absolute Gasteiger partial charge is 0.339 e. The zero-order valence-electron chi connectivity index (χ0n) is 14.1. The minimum absolute atomic E-state index is 0.00314. The van der Waals surface area contributed by atoms with Crippen LogP contribution in [-0.4, -0.2) is 68.0 Å². The normalized spacial score (nSPS) is 19.5. The van der Waals surface area contributed by atoms with Gasteiger partial charge >= 0.3 is 0 Å². The highest BCUT2D eigenvalue weighted by Gasteiger charge is 2.25. The molecular formula is C16H26N6O2. The van der Waals surface area contributed by atoms with Gasteiger partial charge in [0.05, 0.1) is 0 Å². The van der Waals surface area contributed by atoms with Crippen LogP contribution in [0.5, 0.6) is 0 Å². The van der Waals surface area contributed by atoms with Crippen LogP contribution in [0, 0.1) is 5.92 Å². The van der Waals surface area contributed by atoms with Gasteiger partial charge in [0.2, 0.25) is 11.8 Å². The maximum atomic E-state index is 12.4. The molecule has 1 aliphatic carbocycles. The molecule has 24 heavy (non-hydrogen) atoms. The summed E-state index contributed by atoms with van der Waals surface area (Å²) in [6, 6.07) is 0. The van der Waals surface area contributed by atoms with Gasteiger partial charge in [0.15, 0.2) is 0 Å². The fourth-order valence-corrected chi connectivity index (χ4v) is 3.66. The van der Waals surface area contributed by atoms with Crippen LogP contribution in [-0.2, 0) is 16.1 Å². The summed E-state index contributed by atoms with van der Waals surface area (Å²) in [4.78, 5) is 28.2. The zero-order chi connectivity index (χ0) is 16.8. The van der Waals surface area contributed by atoms with E-state index in [1.165, 1.54) is 43.1 Å². The average Bonchev–Trinajstić information content (AvgIpc) is 3.13. The fourth-order valence-electron chi connectivity index (χ4n) is 3.66. The van der Waals surface area contributed by atoms with E-state index in [0.29, 0.717) is 32.6 Å². The SMILES string of the molecule is O=C(CCC1CCCCC1)N1CCN(C(=O)Cn2cnnn2)CC1. The lowest BCUT2D eigenvalue weighted by molar-refractivity contribution is -0.140. The number of tetrazole rings is 1. The number of nitrogens with zero attached hydrogens (tertiary/aromatic N) is 6. The Morgan fingerprint density at radius 2 is 1.62 bits per heavy atom. The Labute approximate surface area is 142 Å². The Bertz CT molecular complexity index is 533. The van der Waals surface area contributed by atoms with Crippen molar-refractivity contribution in [3.8, 4) is 0 Å². The second kappa shape index (κ2) is 8.21. The number of carbonyl (C=O) groups excluding carboxylic acids is 2. The van der Waals surface area contributed by atoms with Crippen LogP contribution in [0.25, 0.3) is 0 Å². The van der Waals surface area contributed by atoms with Gasteiger partial charge in [-0.3, -0.25) is 9.59 Å². The molecule has 1 saturated heterocycles. The smallest absolute Gasteiger partial charge is 0.244 e. The van der Waals surface area contributed by atoms with Crippen molar-refractivity contribution in [2.45, 2.75) is 51.5 Å². The highest BCUT2D eigenvalue weighted by molar-refractivity contribution is 5.78. The van der Waals surface area contributed by atoms with E-state index in [9.17, 15) is 9.59 Å². The topological polar surface area (TPSA) is 84.2 Å². The van der Waals surface area contributed by atoms with Crippen molar-refractivity contribution in [1.29, 1.82) is 0 Å². The molecule has 0 spiro atoms. The van der Waals surface area contributed by atoms with Crippen molar-refractivity contribution in [3.63, 3.8) is 0 Å². The third kappa shape index (κ3) is 4.52. The lowest BCUT2D eigenvalue weighted by Crippen LogP contribution is -2.51. The van der Waals surface area contributed by atoms with Gasteiger partial charge in [-0.2, -0.15) is 0 Å². The molecule has 3 rings (SSSR count). The molecule has 2 heterocycles. The Balaban J connectivity index is 1.37. The minimum Gasteiger partial charge on any atom is -0.339 e. The first kappa shape index (κ1) is 16.9. The minimum atomic E-state index is -0.00314. The molecule has 132 valence electrons. The molecule has 0 radical (unpaired) electrons. The van der Waals surface area contributed by atoms with Crippen LogP contribution in [0.4, 0.5) is 0 Å². The van der Waals surface area contributed by atoms with Crippen LogP contribution in [0.2, 0.25) is 0 Å². The fraction of sp³-hybridized carbons (Fsp3) is 0.812. The van der Waals surface area contributed by atoms with Gasteiger partial charge < -0.3 is 9.80 Å². The first-order valence-electron chi connectivity index (χ1n) is 8.98. The van der Waals surface area contributed by atoms with Crippen LogP contribution in [0.1, 0.15) is 44.9 Å². The van der Waals surface area contributed by atoms with Crippen LogP contribution >= 0.6 is 0 Å². The summed E-state index contributed by atoms with van der Waals surface area (Å²) < 4.78 is 1.42. The van der Waals surface area contributed by atoms with E-state index in [0.717, 1.165) is 12.3 Å². The Kier molecular flexibility index (Phi) is 5.77. The van der Waals surface area contributed by atoms with Gasteiger partial charge in [-0.05, 0) is 22.8 Å². The van der Waals surface area contributed by atoms with E-state index in [2.05, 4.69) is 15.5 Å². The summed E-state index contributed by atoms with van der Waals surface area (Å²) in [5.74, 6) is 0.978. The molecule has 1 aromatic heterocycles. The monoisotopic (exact) mass is 334 g/mol. The molecule has 8 heteroatoms. The van der Waals surface area contributed by atoms with Crippen LogP contribution in [0.15, 0.2) is 6.33 Å². The molecule has 2 amide bonds. The standard InChI is InChI=1S/C16H26N6O2/c23-15(7-6-14-4-2-1-3-5-14)20-8-10-21(11-9-20)16(24)12-22-13-17-18-19-22/h13-14H,1-12H2. The molecule has 0 atom stereocenters. The summed E-state index contributed by atoms with van der Waals surface area (Å²) >= 11 is 0. The predicted octanol–water partition coefficient (Wildman–Crippen LogP) is 0.704. The van der Waals surface area contributed by atoms with E-state index in [4.69, 9.17) is 0 Å². The van der Waals surface area contributed by atoms with E-state index in [1.807, 2.05) is 4.90 Å². The van der Waals surface area contributed by atoms with Crippen molar-refractivity contribution >= 4 is 11.8 Å². The molecule has 0 N–H and O–H groups in total. The van der Waals surface area contributed by atoms with E-state index in [1.54, 1.807) is 4.90 Å². The number of hydrogen-bond donors (Lipinski definition) is 0. The van der Waals surface area contributed by atoms with Gasteiger partial charge in [-0.15, -0.1) is 5.10 Å². The second-order valence-corrected chi connectivity index (χ2v) is 6.81. The summed E-state index contributed by atoms with van der Waals surface area (Å²) in [5, 5.41) is 10.8. The summed E-state index contributed by atoms with van der Waals surface area (Å²) in [6.45, 7) is 2.60. The quantitative estimate of drug-likeness (QED) is 0.791. The Morgan fingerprint density at radius 3 is 2.25 bits per heavy atom. The van der Waals surface area contributed by atoms with E-state index in [-0.39, 0.29) is 18.4 Å². The number of aromatic nitrogens is 4. The molecule has 8 nitrogen and oxygen atoms in total. The lowest BCUT2D eigenvalue weighted by atomic mass is 9.86. The maximum absolute atomic E-state index is 12.4. The Morgan fingerprint density at radius 1 is 0.958 bits per heavy atom. The van der Waals surface area contributed by atoms with E-state index >= 15 is 0 Å². The molecule has 2 aliphatic rings. The first-order chi connectivity index (χ1) is 11.7. The van der Waals surface area contributed by atoms with Crippen molar-refractivity contribution in [2.24, 2.45) is 5.92 Å². The molecule has 0 unspecified atom stereocenters. The zero-order valence-corrected chi connectivity index (χ0v) is 14.1. The first-order valence-corrected chi connectivity index (χ1v) is 8.98. The highest BCUT2D eigenvalue weighted by atomic mass is 16.2. The van der Waals surface area contributed by atoms with Crippen molar-refractivity contribution in [1.82, 2.24) is 30.0 Å². The van der Waals surface area contributed by atoms with Gasteiger partial charge in [0.25, 0.3) is 0 Å². The Hall–Kier alpha value is -1.99.